The lowest BCUT2D eigenvalue weighted by Gasteiger charge is -2.08. The maximum absolute atomic E-state index is 12.9. The summed E-state index contributed by atoms with van der Waals surface area (Å²) in [5.74, 6) is -0.310. The van der Waals surface area contributed by atoms with E-state index in [0.29, 0.717) is 23.2 Å². The molecule has 0 radical (unpaired) electrons. The number of nitriles is 1. The zero-order valence-corrected chi connectivity index (χ0v) is 12.0. The fourth-order valence-corrected chi connectivity index (χ4v) is 2.56. The second-order valence-electron chi connectivity index (χ2n) is 4.38. The van der Waals surface area contributed by atoms with Crippen molar-refractivity contribution in [2.75, 3.05) is 0 Å². The van der Waals surface area contributed by atoms with Gasteiger partial charge in [-0.3, -0.25) is 0 Å². The third-order valence-corrected chi connectivity index (χ3v) is 3.75. The Labute approximate surface area is 129 Å². The lowest BCUT2D eigenvalue weighted by molar-refractivity contribution is 0.627. The highest BCUT2D eigenvalue weighted by atomic mass is 35.5. The largest absolute Gasteiger partial charge is 0.215 e. The Bertz CT molecular complexity index is 865. The smallest absolute Gasteiger partial charge is 0.176 e. The second-order valence-corrected chi connectivity index (χ2v) is 5.10. The molecule has 0 saturated carbocycles. The molecule has 2 aromatic heterocycles. The third kappa shape index (κ3) is 2.44. The van der Waals surface area contributed by atoms with Crippen molar-refractivity contribution >= 4 is 28.8 Å². The lowest BCUT2D eigenvalue weighted by Crippen LogP contribution is -2.01. The van der Waals surface area contributed by atoms with Crippen LogP contribution in [0.5, 0.6) is 0 Å². The van der Waals surface area contributed by atoms with Crippen LogP contribution in [0.3, 0.4) is 0 Å². The van der Waals surface area contributed by atoms with E-state index in [-0.39, 0.29) is 16.1 Å². The van der Waals surface area contributed by atoms with Crippen molar-refractivity contribution in [2.45, 2.75) is 6.42 Å². The average Bonchev–Trinajstić information content (AvgIpc) is 2.88. The van der Waals surface area contributed by atoms with Gasteiger partial charge in [0.1, 0.15) is 27.8 Å². The number of aromatic nitrogens is 3. The Balaban J connectivity index is 2.11. The molecule has 0 amide bonds. The Kier molecular flexibility index (Phi) is 3.50. The highest BCUT2D eigenvalue weighted by Crippen LogP contribution is 2.27. The van der Waals surface area contributed by atoms with Crippen molar-refractivity contribution < 1.29 is 4.39 Å². The average molecular weight is 321 g/mol. The number of halogens is 3. The summed E-state index contributed by atoms with van der Waals surface area (Å²) in [6, 6.07) is 8.00. The lowest BCUT2D eigenvalue weighted by atomic mass is 10.1. The van der Waals surface area contributed by atoms with Crippen LogP contribution in [0, 0.1) is 17.1 Å². The number of fused-ring (bicyclic) bond motifs is 1. The molecular formula is C14H7Cl2FN4. The molecule has 1 aromatic carbocycles. The maximum Gasteiger partial charge on any atom is 0.176 e. The molecule has 0 aliphatic carbocycles. The van der Waals surface area contributed by atoms with Crippen LogP contribution in [0.2, 0.25) is 10.3 Å². The molecule has 3 rings (SSSR count). The van der Waals surface area contributed by atoms with Crippen molar-refractivity contribution in [1.82, 2.24) is 14.6 Å². The van der Waals surface area contributed by atoms with E-state index in [1.807, 2.05) is 6.07 Å². The van der Waals surface area contributed by atoms with Crippen LogP contribution in [-0.4, -0.2) is 14.6 Å². The van der Waals surface area contributed by atoms with E-state index in [1.54, 1.807) is 12.1 Å². The Morgan fingerprint density at radius 3 is 2.62 bits per heavy atom. The molecule has 21 heavy (non-hydrogen) atoms. The van der Waals surface area contributed by atoms with Crippen LogP contribution in [0.15, 0.2) is 30.5 Å². The predicted molar refractivity (Wildman–Crippen MR) is 76.9 cm³/mol. The molecule has 2 heterocycles. The van der Waals surface area contributed by atoms with Gasteiger partial charge in [0, 0.05) is 12.0 Å². The van der Waals surface area contributed by atoms with Crippen molar-refractivity contribution in [1.29, 1.82) is 5.26 Å². The molecule has 0 unspecified atom stereocenters. The van der Waals surface area contributed by atoms with E-state index >= 15 is 0 Å². The highest BCUT2D eigenvalue weighted by Gasteiger charge is 2.16. The van der Waals surface area contributed by atoms with Crippen LogP contribution >= 0.6 is 23.2 Å². The molecule has 0 fully saturated rings. The van der Waals surface area contributed by atoms with Crippen LogP contribution in [-0.2, 0) is 6.42 Å². The number of hydrogen-bond donors (Lipinski definition) is 0. The summed E-state index contributed by atoms with van der Waals surface area (Å²) < 4.78 is 14.3. The van der Waals surface area contributed by atoms with Crippen molar-refractivity contribution in [2.24, 2.45) is 0 Å². The van der Waals surface area contributed by atoms with Crippen LogP contribution < -0.4 is 0 Å². The van der Waals surface area contributed by atoms with Gasteiger partial charge in [-0.25, -0.2) is 13.9 Å². The molecule has 0 bridgehead atoms. The summed E-state index contributed by atoms with van der Waals surface area (Å²) in [6.07, 6.45) is 1.77. The summed E-state index contributed by atoms with van der Waals surface area (Å²) in [5.41, 5.74) is 2.03. The molecule has 0 aliphatic heterocycles. The summed E-state index contributed by atoms with van der Waals surface area (Å²) in [5, 5.41) is 13.5. The molecule has 0 N–H and O–H groups in total. The third-order valence-electron chi connectivity index (χ3n) is 3.05. The molecule has 0 aliphatic rings. The highest BCUT2D eigenvalue weighted by molar-refractivity contribution is 6.35. The van der Waals surface area contributed by atoms with Crippen LogP contribution in [0.4, 0.5) is 4.39 Å². The molecule has 4 nitrogen and oxygen atoms in total. The van der Waals surface area contributed by atoms with Crippen molar-refractivity contribution in [3.05, 3.63) is 63.3 Å². The van der Waals surface area contributed by atoms with Gasteiger partial charge in [-0.1, -0.05) is 35.3 Å². The molecule has 3 aromatic rings. The molecule has 0 spiro atoms. The van der Waals surface area contributed by atoms with Crippen LogP contribution in [0.1, 0.15) is 16.7 Å². The quantitative estimate of drug-likeness (QED) is 0.677. The van der Waals surface area contributed by atoms with Gasteiger partial charge in [-0.2, -0.15) is 10.4 Å². The van der Waals surface area contributed by atoms with Gasteiger partial charge in [0.05, 0.1) is 6.20 Å². The number of nitrogens with zero attached hydrogens (tertiary/aromatic N) is 4. The number of benzene rings is 1. The van der Waals surface area contributed by atoms with E-state index in [2.05, 4.69) is 10.1 Å². The normalized spacial score (nSPS) is 10.8. The Morgan fingerprint density at radius 1 is 1.24 bits per heavy atom. The molecule has 0 saturated heterocycles. The van der Waals surface area contributed by atoms with E-state index in [9.17, 15) is 4.39 Å². The van der Waals surface area contributed by atoms with Gasteiger partial charge >= 0.3 is 0 Å². The summed E-state index contributed by atoms with van der Waals surface area (Å²) in [7, 11) is 0. The molecule has 0 atom stereocenters. The van der Waals surface area contributed by atoms with E-state index in [0.717, 1.165) is 5.56 Å². The fourth-order valence-electron chi connectivity index (χ4n) is 2.00. The van der Waals surface area contributed by atoms with Crippen LogP contribution in [0.25, 0.3) is 5.65 Å². The monoisotopic (exact) mass is 320 g/mol. The predicted octanol–water partition coefficient (Wildman–Crippen LogP) is 3.64. The second kappa shape index (κ2) is 5.32. The van der Waals surface area contributed by atoms with Gasteiger partial charge in [0.15, 0.2) is 5.65 Å². The zero-order chi connectivity index (χ0) is 15.0. The molecular weight excluding hydrogens is 314 g/mol. The SMILES string of the molecule is N#Cc1cnn2c(Cl)c(Cc3ccc(F)cc3)c(Cl)nc12. The van der Waals surface area contributed by atoms with E-state index in [1.165, 1.54) is 22.8 Å². The minimum atomic E-state index is -0.310. The van der Waals surface area contributed by atoms with E-state index in [4.69, 9.17) is 28.5 Å². The fraction of sp³-hybridized carbons (Fsp3) is 0.0714. The number of hydrogen-bond acceptors (Lipinski definition) is 3. The van der Waals surface area contributed by atoms with Gasteiger partial charge < -0.3 is 0 Å². The molecule has 104 valence electrons. The first kappa shape index (κ1) is 13.8. The topological polar surface area (TPSA) is 54.0 Å². The minimum Gasteiger partial charge on any atom is -0.215 e. The van der Waals surface area contributed by atoms with Gasteiger partial charge in [-0.05, 0) is 17.7 Å². The summed E-state index contributed by atoms with van der Waals surface area (Å²) in [6.45, 7) is 0. The van der Waals surface area contributed by atoms with Gasteiger partial charge in [0.2, 0.25) is 0 Å². The van der Waals surface area contributed by atoms with Crippen molar-refractivity contribution in [3.8, 4) is 6.07 Å². The summed E-state index contributed by atoms with van der Waals surface area (Å²) in [4.78, 5) is 4.17. The standard InChI is InChI=1S/C14H7Cl2FN4/c15-12-11(5-8-1-3-10(17)4-2-8)13(16)21-14(20-12)9(6-18)7-19-21/h1-4,7H,5H2. The van der Waals surface area contributed by atoms with Crippen molar-refractivity contribution in [3.63, 3.8) is 0 Å². The molecule has 7 heteroatoms. The summed E-state index contributed by atoms with van der Waals surface area (Å²) >= 11 is 12.4. The number of rotatable bonds is 2. The minimum absolute atomic E-state index is 0.203. The van der Waals surface area contributed by atoms with Gasteiger partial charge in [-0.15, -0.1) is 0 Å². The zero-order valence-electron chi connectivity index (χ0n) is 10.5. The first-order chi connectivity index (χ1) is 10.1. The maximum atomic E-state index is 12.9. The van der Waals surface area contributed by atoms with E-state index < -0.39 is 0 Å². The Hall–Kier alpha value is -2.16. The first-order valence-electron chi connectivity index (χ1n) is 5.96. The Morgan fingerprint density at radius 2 is 1.95 bits per heavy atom. The van der Waals surface area contributed by atoms with Gasteiger partial charge in [0.25, 0.3) is 0 Å². The first-order valence-corrected chi connectivity index (χ1v) is 6.72.